The van der Waals surface area contributed by atoms with Crippen LogP contribution < -0.4 is 0 Å². The molecule has 0 bridgehead atoms. The molecule has 0 aliphatic heterocycles. The van der Waals surface area contributed by atoms with Gasteiger partial charge in [-0.1, -0.05) is 45.0 Å². The highest BCUT2D eigenvalue weighted by atomic mass is 16.7. The van der Waals surface area contributed by atoms with Crippen molar-refractivity contribution in [3.63, 3.8) is 0 Å². The van der Waals surface area contributed by atoms with Gasteiger partial charge in [0.25, 0.3) is 0 Å². The van der Waals surface area contributed by atoms with Gasteiger partial charge in [0.2, 0.25) is 6.79 Å². The van der Waals surface area contributed by atoms with Gasteiger partial charge in [-0.05, 0) is 43.2 Å². The number of ether oxygens (including phenoxy) is 2. The van der Waals surface area contributed by atoms with Crippen LogP contribution in [0, 0.1) is 19.8 Å². The molecular formula is C25H33N3O3. The molecule has 1 aromatic carbocycles. The fourth-order valence-corrected chi connectivity index (χ4v) is 3.48. The zero-order valence-electron chi connectivity index (χ0n) is 19.7. The zero-order chi connectivity index (χ0) is 22.8. The fourth-order valence-electron chi connectivity index (χ4n) is 3.48. The molecule has 0 N–H and O–H groups in total. The van der Waals surface area contributed by atoms with Crippen LogP contribution in [-0.4, -0.2) is 35.8 Å². The first kappa shape index (κ1) is 22.8. The van der Waals surface area contributed by atoms with Crippen molar-refractivity contribution in [2.24, 2.45) is 18.0 Å². The van der Waals surface area contributed by atoms with E-state index in [1.54, 1.807) is 17.9 Å². The maximum atomic E-state index is 12.0. The quantitative estimate of drug-likeness (QED) is 0.277. The number of carbonyl (C=O) groups excluding carboxylic acids is 1. The van der Waals surface area contributed by atoms with E-state index in [2.05, 4.69) is 55.1 Å². The molecule has 1 saturated carbocycles. The summed E-state index contributed by atoms with van der Waals surface area (Å²) in [5.74, 6) is 0.425. The van der Waals surface area contributed by atoms with Gasteiger partial charge in [0.15, 0.2) is 5.76 Å². The molecule has 0 spiro atoms. The van der Waals surface area contributed by atoms with Gasteiger partial charge < -0.3 is 9.47 Å². The van der Waals surface area contributed by atoms with E-state index < -0.39 is 0 Å². The third kappa shape index (κ3) is 5.24. The van der Waals surface area contributed by atoms with Crippen molar-refractivity contribution >= 4 is 23.5 Å². The molecule has 1 fully saturated rings. The Labute approximate surface area is 185 Å². The number of aryl methyl sites for hydroxylation is 2. The average Bonchev–Trinajstić information content (AvgIpc) is 3.52. The van der Waals surface area contributed by atoms with Crippen molar-refractivity contribution in [1.29, 1.82) is 0 Å². The molecule has 1 aliphatic carbocycles. The minimum atomic E-state index is -0.197. The highest BCUT2D eigenvalue weighted by molar-refractivity contribution is 6.18. The van der Waals surface area contributed by atoms with Gasteiger partial charge in [0.05, 0.1) is 11.6 Å². The van der Waals surface area contributed by atoms with Gasteiger partial charge in [0.1, 0.15) is 5.69 Å². The monoisotopic (exact) mass is 423 g/mol. The molecule has 3 rings (SSSR count). The first-order valence-corrected chi connectivity index (χ1v) is 10.7. The lowest BCUT2D eigenvalue weighted by atomic mass is 9.86. The van der Waals surface area contributed by atoms with Gasteiger partial charge in [-0.2, -0.15) is 5.10 Å². The SMILES string of the molecule is CN=C/C(=C(/OCOC(=O)C1CC1)c1c(C)c(C)nn1C)c1ccc(C(C)(C)C)cc1. The largest absolute Gasteiger partial charge is 0.454 e. The average molecular weight is 424 g/mol. The number of carbonyl (C=O) groups is 1. The molecule has 1 aromatic heterocycles. The molecule has 0 radical (unpaired) electrons. The summed E-state index contributed by atoms with van der Waals surface area (Å²) in [6.07, 6.45) is 3.58. The van der Waals surface area contributed by atoms with Crippen molar-refractivity contribution in [1.82, 2.24) is 9.78 Å². The second-order valence-corrected chi connectivity index (χ2v) is 9.14. The number of esters is 1. The molecule has 0 atom stereocenters. The summed E-state index contributed by atoms with van der Waals surface area (Å²) in [4.78, 5) is 16.3. The number of aromatic nitrogens is 2. The van der Waals surface area contributed by atoms with Crippen LogP contribution in [0.15, 0.2) is 29.3 Å². The van der Waals surface area contributed by atoms with Crippen LogP contribution >= 0.6 is 0 Å². The summed E-state index contributed by atoms with van der Waals surface area (Å²) in [5.41, 5.74) is 5.88. The van der Waals surface area contributed by atoms with Crippen LogP contribution in [0.4, 0.5) is 0 Å². The van der Waals surface area contributed by atoms with Crippen LogP contribution in [0.1, 0.15) is 61.7 Å². The highest BCUT2D eigenvalue weighted by Gasteiger charge is 2.31. The van der Waals surface area contributed by atoms with Crippen LogP contribution in [0.5, 0.6) is 0 Å². The van der Waals surface area contributed by atoms with Crippen LogP contribution in [0.25, 0.3) is 11.3 Å². The minimum absolute atomic E-state index is 0.0262. The molecule has 0 unspecified atom stereocenters. The van der Waals surface area contributed by atoms with Crippen molar-refractivity contribution in [3.8, 4) is 0 Å². The van der Waals surface area contributed by atoms with E-state index in [4.69, 9.17) is 9.47 Å². The highest BCUT2D eigenvalue weighted by Crippen LogP contribution is 2.33. The topological polar surface area (TPSA) is 65.7 Å². The van der Waals surface area contributed by atoms with Crippen molar-refractivity contribution < 1.29 is 14.3 Å². The van der Waals surface area contributed by atoms with Gasteiger partial charge in [-0.15, -0.1) is 0 Å². The molecular weight excluding hydrogens is 390 g/mol. The Balaban J connectivity index is 2.05. The predicted molar refractivity (Wildman–Crippen MR) is 124 cm³/mol. The standard InChI is InChI=1S/C25H33N3O3/c1-16-17(2)27-28(7)22(16)23(30-15-31-24(29)19-8-9-19)21(14-26-6)18-10-12-20(13-11-18)25(3,4)5/h10-14,19H,8-9,15H2,1-7H3/b23-21-,26-14?. The molecule has 2 aromatic rings. The Bertz CT molecular complexity index is 1000. The van der Waals surface area contributed by atoms with E-state index in [0.29, 0.717) is 5.76 Å². The molecule has 0 saturated heterocycles. The number of allylic oxidation sites excluding steroid dienone is 1. The number of benzene rings is 1. The lowest BCUT2D eigenvalue weighted by Crippen LogP contribution is -2.13. The summed E-state index contributed by atoms with van der Waals surface area (Å²) < 4.78 is 13.3. The zero-order valence-corrected chi connectivity index (χ0v) is 19.7. The first-order chi connectivity index (χ1) is 14.6. The van der Waals surface area contributed by atoms with Crippen LogP contribution in [0.3, 0.4) is 0 Å². The molecule has 166 valence electrons. The Morgan fingerprint density at radius 1 is 1.19 bits per heavy atom. The van der Waals surface area contributed by atoms with Gasteiger partial charge in [0, 0.05) is 31.4 Å². The predicted octanol–water partition coefficient (Wildman–Crippen LogP) is 4.83. The van der Waals surface area contributed by atoms with Gasteiger partial charge >= 0.3 is 5.97 Å². The van der Waals surface area contributed by atoms with E-state index in [0.717, 1.165) is 40.9 Å². The third-order valence-corrected chi connectivity index (χ3v) is 5.62. The number of nitrogens with zero attached hydrogens (tertiary/aromatic N) is 3. The van der Waals surface area contributed by atoms with E-state index in [9.17, 15) is 4.79 Å². The summed E-state index contributed by atoms with van der Waals surface area (Å²) >= 11 is 0. The molecule has 6 heteroatoms. The molecule has 1 heterocycles. The molecule has 1 aliphatic rings. The number of rotatable bonds is 7. The Kier molecular flexibility index (Phi) is 6.68. The maximum absolute atomic E-state index is 12.0. The van der Waals surface area contributed by atoms with Crippen molar-refractivity contribution in [2.75, 3.05) is 13.8 Å². The van der Waals surface area contributed by atoms with E-state index in [-0.39, 0.29) is 24.1 Å². The van der Waals surface area contributed by atoms with Crippen LogP contribution in [-0.2, 0) is 26.7 Å². The summed E-state index contributed by atoms with van der Waals surface area (Å²) in [6, 6.07) is 8.42. The van der Waals surface area contributed by atoms with Crippen molar-refractivity contribution in [3.05, 3.63) is 52.3 Å². The molecule has 6 nitrogen and oxygen atoms in total. The van der Waals surface area contributed by atoms with Gasteiger partial charge in [-0.25, -0.2) is 0 Å². The summed E-state index contributed by atoms with van der Waals surface area (Å²) in [7, 11) is 3.62. The minimum Gasteiger partial charge on any atom is -0.454 e. The van der Waals surface area contributed by atoms with E-state index in [1.165, 1.54) is 5.56 Å². The second-order valence-electron chi connectivity index (χ2n) is 9.14. The first-order valence-electron chi connectivity index (χ1n) is 10.7. The third-order valence-electron chi connectivity index (χ3n) is 5.62. The lowest BCUT2D eigenvalue weighted by Gasteiger charge is -2.20. The Hall–Kier alpha value is -2.89. The normalized spacial score (nSPS) is 15.2. The smallest absolute Gasteiger partial charge is 0.311 e. The lowest BCUT2D eigenvalue weighted by molar-refractivity contribution is -0.153. The summed E-state index contributed by atoms with van der Waals surface area (Å²) in [5, 5.41) is 4.55. The van der Waals surface area contributed by atoms with Gasteiger partial charge in [-0.3, -0.25) is 14.5 Å². The van der Waals surface area contributed by atoms with Crippen molar-refractivity contribution in [2.45, 2.75) is 52.9 Å². The van der Waals surface area contributed by atoms with E-state index >= 15 is 0 Å². The number of hydrogen-bond acceptors (Lipinski definition) is 5. The van der Waals surface area contributed by atoms with E-state index in [1.807, 2.05) is 20.9 Å². The number of aliphatic imine (C=N–C) groups is 1. The maximum Gasteiger partial charge on any atom is 0.311 e. The Morgan fingerprint density at radius 3 is 2.32 bits per heavy atom. The molecule has 31 heavy (non-hydrogen) atoms. The second kappa shape index (κ2) is 9.08. The molecule has 0 amide bonds. The fraction of sp³-hybridized carbons (Fsp3) is 0.480. The summed E-state index contributed by atoms with van der Waals surface area (Å²) in [6.45, 7) is 10.4. The Morgan fingerprint density at radius 2 is 1.84 bits per heavy atom. The van der Waals surface area contributed by atoms with Crippen LogP contribution in [0.2, 0.25) is 0 Å². The number of hydrogen-bond donors (Lipinski definition) is 0.